The minimum atomic E-state index is -4.47. The quantitative estimate of drug-likeness (QED) is 0.844. The summed E-state index contributed by atoms with van der Waals surface area (Å²) in [7, 11) is 1.53. The van der Waals surface area contributed by atoms with Crippen LogP contribution < -0.4 is 0 Å². The van der Waals surface area contributed by atoms with E-state index in [1.807, 2.05) is 13.8 Å². The highest BCUT2D eigenvalue weighted by Crippen LogP contribution is 2.33. The minimum Gasteiger partial charge on any atom is -0.383 e. The van der Waals surface area contributed by atoms with Gasteiger partial charge in [0.1, 0.15) is 0 Å². The van der Waals surface area contributed by atoms with Crippen LogP contribution in [0, 0.1) is 0 Å². The fourth-order valence-corrected chi connectivity index (χ4v) is 2.46. The number of fused-ring (bicyclic) bond motifs is 1. The summed E-state index contributed by atoms with van der Waals surface area (Å²) in [5.74, 6) is -0.596. The summed E-state index contributed by atoms with van der Waals surface area (Å²) in [5, 5.41) is 7.03. The molecule has 0 radical (unpaired) electrons. The summed E-state index contributed by atoms with van der Waals surface area (Å²) < 4.78 is 44.7. The van der Waals surface area contributed by atoms with E-state index in [1.54, 1.807) is 0 Å². The van der Waals surface area contributed by atoms with Crippen molar-refractivity contribution in [2.45, 2.75) is 38.7 Å². The smallest absolute Gasteiger partial charge is 0.383 e. The predicted octanol–water partition coefficient (Wildman–Crippen LogP) is 1.71. The molecule has 1 aromatic heterocycles. The average Bonchev–Trinajstić information content (AvgIpc) is 2.72. The molecule has 0 spiro atoms. The first-order valence-corrected chi connectivity index (χ1v) is 6.11. The Morgan fingerprint density at radius 1 is 1.32 bits per heavy atom. The van der Waals surface area contributed by atoms with E-state index in [9.17, 15) is 13.2 Å². The number of methoxy groups -OCH3 is 1. The van der Waals surface area contributed by atoms with E-state index >= 15 is 0 Å². The number of hydrogen-bond donors (Lipinski definition) is 0. The zero-order valence-electron chi connectivity index (χ0n) is 11.1. The van der Waals surface area contributed by atoms with E-state index in [1.165, 1.54) is 7.11 Å². The van der Waals surface area contributed by atoms with E-state index in [2.05, 4.69) is 15.1 Å². The second kappa shape index (κ2) is 5.09. The minimum absolute atomic E-state index is 0.208. The van der Waals surface area contributed by atoms with Gasteiger partial charge in [0.2, 0.25) is 5.82 Å². The van der Waals surface area contributed by atoms with E-state index in [0.717, 1.165) is 4.57 Å². The Balaban J connectivity index is 2.39. The van der Waals surface area contributed by atoms with Crippen molar-refractivity contribution in [3.05, 3.63) is 11.6 Å². The summed E-state index contributed by atoms with van der Waals surface area (Å²) in [6.07, 6.45) is -4.47. The molecule has 1 aromatic rings. The maximum Gasteiger partial charge on any atom is 0.451 e. The second-order valence-electron chi connectivity index (χ2n) is 4.83. The topological polar surface area (TPSA) is 43.2 Å². The molecule has 0 aliphatic carbocycles. The second-order valence-corrected chi connectivity index (χ2v) is 4.83. The van der Waals surface area contributed by atoms with Crippen molar-refractivity contribution < 1.29 is 17.9 Å². The molecule has 108 valence electrons. The standard InChI is InChI=1S/C11H17F3N4O/c1-7(2)17-4-5-18-9(8(17)6-19-3)15-16-10(18)11(12,13)14/h7-8H,4-6H2,1-3H3/t8-/m0/s1. The van der Waals surface area contributed by atoms with E-state index in [4.69, 9.17) is 4.74 Å². The monoisotopic (exact) mass is 278 g/mol. The first kappa shape index (κ1) is 14.3. The van der Waals surface area contributed by atoms with Crippen LogP contribution in [0.5, 0.6) is 0 Å². The number of alkyl halides is 3. The number of ether oxygens (including phenoxy) is 1. The zero-order valence-corrected chi connectivity index (χ0v) is 11.1. The summed E-state index contributed by atoms with van der Waals surface area (Å²) in [5.41, 5.74) is 0. The van der Waals surface area contributed by atoms with Crippen molar-refractivity contribution >= 4 is 0 Å². The van der Waals surface area contributed by atoms with Crippen molar-refractivity contribution in [2.24, 2.45) is 0 Å². The molecule has 0 amide bonds. The van der Waals surface area contributed by atoms with Crippen molar-refractivity contribution in [1.29, 1.82) is 0 Å². The number of halogens is 3. The van der Waals surface area contributed by atoms with Crippen molar-refractivity contribution in [3.8, 4) is 0 Å². The maximum absolute atomic E-state index is 12.8. The van der Waals surface area contributed by atoms with Gasteiger partial charge in [-0.1, -0.05) is 0 Å². The molecule has 0 N–H and O–H groups in total. The molecular formula is C11H17F3N4O. The Morgan fingerprint density at radius 2 is 2.00 bits per heavy atom. The van der Waals surface area contributed by atoms with Gasteiger partial charge in [0.05, 0.1) is 12.6 Å². The van der Waals surface area contributed by atoms with Crippen molar-refractivity contribution in [3.63, 3.8) is 0 Å². The molecule has 0 saturated carbocycles. The van der Waals surface area contributed by atoms with Gasteiger partial charge in [0, 0.05) is 26.2 Å². The Kier molecular flexibility index (Phi) is 3.82. The summed E-state index contributed by atoms with van der Waals surface area (Å²) in [6.45, 7) is 5.07. The third-order valence-corrected chi connectivity index (χ3v) is 3.30. The lowest BCUT2D eigenvalue weighted by molar-refractivity contribution is -0.148. The summed E-state index contributed by atoms with van der Waals surface area (Å²) in [4.78, 5) is 2.08. The van der Waals surface area contributed by atoms with Gasteiger partial charge in [-0.15, -0.1) is 10.2 Å². The largest absolute Gasteiger partial charge is 0.451 e. The fourth-order valence-electron chi connectivity index (χ4n) is 2.46. The number of aromatic nitrogens is 3. The van der Waals surface area contributed by atoms with Crippen LogP contribution in [-0.4, -0.2) is 46.0 Å². The first-order valence-electron chi connectivity index (χ1n) is 6.11. The van der Waals surface area contributed by atoms with Crippen LogP contribution in [0.2, 0.25) is 0 Å². The van der Waals surface area contributed by atoms with Gasteiger partial charge in [-0.2, -0.15) is 13.2 Å². The normalized spacial score (nSPS) is 20.9. The molecule has 2 heterocycles. The van der Waals surface area contributed by atoms with Gasteiger partial charge in [-0.25, -0.2) is 0 Å². The van der Waals surface area contributed by atoms with Gasteiger partial charge >= 0.3 is 6.18 Å². The maximum atomic E-state index is 12.8. The summed E-state index contributed by atoms with van der Waals surface area (Å²) in [6, 6.07) is -0.0812. The van der Waals surface area contributed by atoms with Crippen molar-refractivity contribution in [1.82, 2.24) is 19.7 Å². The molecule has 1 aliphatic rings. The molecule has 19 heavy (non-hydrogen) atoms. The number of rotatable bonds is 3. The summed E-state index contributed by atoms with van der Waals surface area (Å²) >= 11 is 0. The molecular weight excluding hydrogens is 261 g/mol. The molecule has 2 rings (SSSR count). The third kappa shape index (κ3) is 2.59. The molecule has 0 aromatic carbocycles. The number of hydrogen-bond acceptors (Lipinski definition) is 4. The highest BCUT2D eigenvalue weighted by Gasteiger charge is 2.42. The first-order chi connectivity index (χ1) is 8.86. The molecule has 1 aliphatic heterocycles. The Bertz CT molecular complexity index is 444. The van der Waals surface area contributed by atoms with Crippen LogP contribution in [0.1, 0.15) is 31.5 Å². The lowest BCUT2D eigenvalue weighted by atomic mass is 10.1. The molecule has 0 fully saturated rings. The Morgan fingerprint density at radius 3 is 2.53 bits per heavy atom. The molecule has 0 saturated heterocycles. The predicted molar refractivity (Wildman–Crippen MR) is 61.5 cm³/mol. The van der Waals surface area contributed by atoms with E-state index in [0.29, 0.717) is 19.0 Å². The lowest BCUT2D eigenvalue weighted by Crippen LogP contribution is -2.44. The molecule has 1 atom stereocenters. The average molecular weight is 278 g/mol. The van der Waals surface area contributed by atoms with E-state index in [-0.39, 0.29) is 18.6 Å². The van der Waals surface area contributed by atoms with Gasteiger partial charge in [0.25, 0.3) is 0 Å². The highest BCUT2D eigenvalue weighted by atomic mass is 19.4. The van der Waals surface area contributed by atoms with E-state index < -0.39 is 12.0 Å². The van der Waals surface area contributed by atoms with Crippen LogP contribution >= 0.6 is 0 Å². The zero-order chi connectivity index (χ0) is 14.2. The Labute approximate surface area is 109 Å². The fraction of sp³-hybridized carbons (Fsp3) is 0.818. The molecule has 5 nitrogen and oxygen atoms in total. The molecule has 0 bridgehead atoms. The number of nitrogens with zero attached hydrogens (tertiary/aromatic N) is 4. The van der Waals surface area contributed by atoms with Crippen LogP contribution in [-0.2, 0) is 17.5 Å². The van der Waals surface area contributed by atoms with Crippen LogP contribution in [0.3, 0.4) is 0 Å². The van der Waals surface area contributed by atoms with Crippen molar-refractivity contribution in [2.75, 3.05) is 20.3 Å². The SMILES string of the molecule is COC[C@H]1c2nnc(C(F)(F)F)n2CCN1C(C)C. The third-order valence-electron chi connectivity index (χ3n) is 3.30. The molecule has 0 unspecified atom stereocenters. The van der Waals surface area contributed by atoms with Crippen LogP contribution in [0.4, 0.5) is 13.2 Å². The van der Waals surface area contributed by atoms with Gasteiger partial charge < -0.3 is 9.30 Å². The van der Waals surface area contributed by atoms with Crippen LogP contribution in [0.25, 0.3) is 0 Å². The molecule has 8 heteroatoms. The Hall–Kier alpha value is -1.15. The van der Waals surface area contributed by atoms with Gasteiger partial charge in [0.15, 0.2) is 5.82 Å². The lowest BCUT2D eigenvalue weighted by Gasteiger charge is -2.38. The van der Waals surface area contributed by atoms with Gasteiger partial charge in [-0.05, 0) is 13.8 Å². The van der Waals surface area contributed by atoms with Crippen LogP contribution in [0.15, 0.2) is 0 Å². The van der Waals surface area contributed by atoms with Gasteiger partial charge in [-0.3, -0.25) is 4.90 Å². The highest BCUT2D eigenvalue weighted by molar-refractivity contribution is 5.08.